The summed E-state index contributed by atoms with van der Waals surface area (Å²) in [4.78, 5) is 39.1. The lowest BCUT2D eigenvalue weighted by atomic mass is 9.90. The van der Waals surface area contributed by atoms with Crippen molar-refractivity contribution < 1.29 is 4.74 Å². The molecule has 3 heterocycles. The fourth-order valence-electron chi connectivity index (χ4n) is 4.52. The number of hydrogen-bond acceptors (Lipinski definition) is 7. The van der Waals surface area contributed by atoms with E-state index in [9.17, 15) is 9.59 Å². The topological polar surface area (TPSA) is 105 Å². The molecule has 0 saturated heterocycles. The van der Waals surface area contributed by atoms with Crippen LogP contribution < -0.4 is 16.4 Å². The van der Waals surface area contributed by atoms with Crippen molar-refractivity contribution in [1.82, 2.24) is 24.4 Å². The molecule has 34 heavy (non-hydrogen) atoms. The average Bonchev–Trinajstić information content (AvgIpc) is 2.84. The minimum absolute atomic E-state index is 0.152. The summed E-state index contributed by atoms with van der Waals surface area (Å²) >= 11 is 0. The van der Waals surface area contributed by atoms with Crippen LogP contribution in [0.15, 0.2) is 40.2 Å². The number of nitrogens with zero attached hydrogens (tertiary/aromatic N) is 4. The van der Waals surface area contributed by atoms with E-state index in [0.29, 0.717) is 48.3 Å². The Bertz CT molecular complexity index is 1210. The van der Waals surface area contributed by atoms with Gasteiger partial charge in [-0.1, -0.05) is 6.92 Å². The summed E-state index contributed by atoms with van der Waals surface area (Å²) in [5, 5.41) is 3.42. The fourth-order valence-corrected chi connectivity index (χ4v) is 4.52. The number of hydrogen-bond donors (Lipinski definition) is 2. The summed E-state index contributed by atoms with van der Waals surface area (Å²) in [5.41, 5.74) is 2.45. The maximum atomic E-state index is 13.5. The zero-order valence-electron chi connectivity index (χ0n) is 20.2. The van der Waals surface area contributed by atoms with Gasteiger partial charge in [-0.05, 0) is 58.3 Å². The highest BCUT2D eigenvalue weighted by Gasteiger charge is 2.24. The zero-order chi connectivity index (χ0) is 24.1. The van der Waals surface area contributed by atoms with Gasteiger partial charge in [-0.2, -0.15) is 0 Å². The van der Waals surface area contributed by atoms with Gasteiger partial charge >= 0.3 is 0 Å². The maximum Gasteiger partial charge on any atom is 0.293 e. The van der Waals surface area contributed by atoms with Crippen molar-refractivity contribution in [3.63, 3.8) is 0 Å². The molecule has 1 fully saturated rings. The molecule has 0 atom stereocenters. The monoisotopic (exact) mass is 466 g/mol. The van der Waals surface area contributed by atoms with E-state index in [4.69, 9.17) is 4.74 Å². The summed E-state index contributed by atoms with van der Waals surface area (Å²) in [6.07, 6.45) is 8.44. The highest BCUT2D eigenvalue weighted by atomic mass is 16.5. The van der Waals surface area contributed by atoms with Gasteiger partial charge < -0.3 is 24.5 Å². The summed E-state index contributed by atoms with van der Waals surface area (Å²) in [5.74, 6) is 0.370. The Kier molecular flexibility index (Phi) is 7.74. The smallest absolute Gasteiger partial charge is 0.293 e. The first-order valence-electron chi connectivity index (χ1n) is 12.1. The number of ether oxygens (including phenoxy) is 1. The van der Waals surface area contributed by atoms with Crippen molar-refractivity contribution in [3.05, 3.63) is 51.3 Å². The van der Waals surface area contributed by atoms with Gasteiger partial charge in [-0.25, -0.2) is 4.98 Å². The molecule has 0 aromatic carbocycles. The van der Waals surface area contributed by atoms with Crippen LogP contribution in [0.5, 0.6) is 0 Å². The lowest BCUT2D eigenvalue weighted by molar-refractivity contribution is 0.127. The number of nitrogens with one attached hydrogen (secondary N) is 2. The number of anilines is 1. The second kappa shape index (κ2) is 10.9. The highest BCUT2D eigenvalue weighted by Crippen LogP contribution is 2.25. The Morgan fingerprint density at radius 1 is 1.18 bits per heavy atom. The molecular weight excluding hydrogens is 432 g/mol. The van der Waals surface area contributed by atoms with E-state index in [1.165, 1.54) is 6.07 Å². The van der Waals surface area contributed by atoms with Gasteiger partial charge in [0.1, 0.15) is 5.52 Å². The van der Waals surface area contributed by atoms with E-state index in [2.05, 4.69) is 46.2 Å². The predicted octanol–water partition coefficient (Wildman–Crippen LogP) is 2.86. The minimum atomic E-state index is -0.175. The van der Waals surface area contributed by atoms with Crippen LogP contribution in [0.4, 0.5) is 5.82 Å². The number of pyridine rings is 2. The molecule has 0 aliphatic heterocycles. The largest absolute Gasteiger partial charge is 0.380 e. The molecule has 9 heteroatoms. The number of rotatable bonds is 9. The fraction of sp³-hybridized carbons (Fsp3) is 0.520. The number of fused-ring (bicyclic) bond motifs is 1. The van der Waals surface area contributed by atoms with Crippen LogP contribution in [0.3, 0.4) is 0 Å². The Labute approximate surface area is 199 Å². The van der Waals surface area contributed by atoms with E-state index in [-0.39, 0.29) is 17.2 Å². The van der Waals surface area contributed by atoms with Gasteiger partial charge in [-0.15, -0.1) is 0 Å². The summed E-state index contributed by atoms with van der Waals surface area (Å²) in [7, 11) is 4.24. The molecule has 0 spiro atoms. The van der Waals surface area contributed by atoms with Crippen LogP contribution in [-0.4, -0.2) is 63.8 Å². The quantitative estimate of drug-likeness (QED) is 0.467. The molecule has 1 aliphatic rings. The molecule has 9 nitrogen and oxygen atoms in total. The molecule has 1 aliphatic carbocycles. The molecular formula is C25H34N6O3. The maximum absolute atomic E-state index is 13.5. The number of H-pyrrole nitrogens is 1. The van der Waals surface area contributed by atoms with Crippen LogP contribution >= 0.6 is 0 Å². The molecule has 2 N–H and O–H groups in total. The Morgan fingerprint density at radius 2 is 1.97 bits per heavy atom. The minimum Gasteiger partial charge on any atom is -0.380 e. The highest BCUT2D eigenvalue weighted by molar-refractivity contribution is 5.80. The van der Waals surface area contributed by atoms with Crippen molar-refractivity contribution >= 4 is 16.9 Å². The average molecular weight is 467 g/mol. The SMILES string of the molecule is CCCOCCn1c(=O)c(NC2CCC(N(C)C)CC2)nc2cnc(-c3ccc(=O)[nH]c3)cc21. The predicted molar refractivity (Wildman–Crippen MR) is 134 cm³/mol. The van der Waals surface area contributed by atoms with Gasteiger partial charge in [0.2, 0.25) is 5.56 Å². The van der Waals surface area contributed by atoms with Crippen LogP contribution in [-0.2, 0) is 11.3 Å². The third-order valence-corrected chi connectivity index (χ3v) is 6.49. The lowest BCUT2D eigenvalue weighted by Gasteiger charge is -2.33. The van der Waals surface area contributed by atoms with Gasteiger partial charge in [0.15, 0.2) is 5.82 Å². The molecule has 0 bridgehead atoms. The van der Waals surface area contributed by atoms with E-state index in [0.717, 1.165) is 37.7 Å². The van der Waals surface area contributed by atoms with Gasteiger partial charge in [0.25, 0.3) is 5.56 Å². The standard InChI is InChI=1S/C25H34N6O3/c1-4-12-34-13-11-31-22-14-20(17-5-10-23(32)27-15-17)26-16-21(22)29-24(25(31)33)28-18-6-8-19(9-7-18)30(2)3/h5,10,14-16,18-19H,4,6-9,11-13H2,1-3H3,(H,27,32)(H,28,29). The lowest BCUT2D eigenvalue weighted by Crippen LogP contribution is -2.38. The van der Waals surface area contributed by atoms with Crippen LogP contribution in [0, 0.1) is 0 Å². The number of aromatic nitrogens is 4. The molecule has 3 aromatic heterocycles. The Morgan fingerprint density at radius 3 is 2.65 bits per heavy atom. The third-order valence-electron chi connectivity index (χ3n) is 6.49. The van der Waals surface area contributed by atoms with Gasteiger partial charge in [-0.3, -0.25) is 14.6 Å². The van der Waals surface area contributed by atoms with E-state index in [1.54, 1.807) is 23.0 Å². The normalized spacial score (nSPS) is 18.5. The Hall–Kier alpha value is -3.04. The molecule has 1 saturated carbocycles. The van der Waals surface area contributed by atoms with Crippen molar-refractivity contribution in [1.29, 1.82) is 0 Å². The van der Waals surface area contributed by atoms with E-state index >= 15 is 0 Å². The molecule has 0 unspecified atom stereocenters. The summed E-state index contributed by atoms with van der Waals surface area (Å²) in [6, 6.07) is 5.84. The Balaban J connectivity index is 1.66. The second-order valence-electron chi connectivity index (χ2n) is 9.14. The van der Waals surface area contributed by atoms with Gasteiger partial charge in [0.05, 0.1) is 24.0 Å². The molecule has 4 rings (SSSR count). The van der Waals surface area contributed by atoms with Crippen LogP contribution in [0.25, 0.3) is 22.3 Å². The van der Waals surface area contributed by atoms with E-state index < -0.39 is 0 Å². The zero-order valence-corrected chi connectivity index (χ0v) is 20.2. The van der Waals surface area contributed by atoms with Crippen molar-refractivity contribution in [2.24, 2.45) is 0 Å². The first-order chi connectivity index (χ1) is 16.5. The third kappa shape index (κ3) is 5.53. The van der Waals surface area contributed by atoms with Crippen LogP contribution in [0.1, 0.15) is 39.0 Å². The van der Waals surface area contributed by atoms with Crippen LogP contribution in [0.2, 0.25) is 0 Å². The number of aromatic amines is 1. The van der Waals surface area contributed by atoms with Crippen molar-refractivity contribution in [2.75, 3.05) is 32.6 Å². The first kappa shape index (κ1) is 24.1. The van der Waals surface area contributed by atoms with Gasteiger partial charge in [0, 0.05) is 43.1 Å². The molecule has 3 aromatic rings. The second-order valence-corrected chi connectivity index (χ2v) is 9.14. The first-order valence-corrected chi connectivity index (χ1v) is 12.1. The molecule has 182 valence electrons. The molecule has 0 amide bonds. The summed E-state index contributed by atoms with van der Waals surface area (Å²) in [6.45, 7) is 3.58. The molecule has 0 radical (unpaired) electrons. The van der Waals surface area contributed by atoms with Crippen molar-refractivity contribution in [2.45, 2.75) is 57.7 Å². The van der Waals surface area contributed by atoms with Crippen molar-refractivity contribution in [3.8, 4) is 11.3 Å². The van der Waals surface area contributed by atoms with E-state index in [1.807, 2.05) is 6.07 Å². The summed E-state index contributed by atoms with van der Waals surface area (Å²) < 4.78 is 7.41.